The third-order valence-corrected chi connectivity index (χ3v) is 3.88. The molecule has 3 heteroatoms. The summed E-state index contributed by atoms with van der Waals surface area (Å²) < 4.78 is 0. The molecular weight excluding hydrogens is 204 g/mol. The van der Waals surface area contributed by atoms with Crippen molar-refractivity contribution < 1.29 is 0 Å². The zero-order valence-corrected chi connectivity index (χ0v) is 10.3. The molecule has 0 aliphatic heterocycles. The van der Waals surface area contributed by atoms with Gasteiger partial charge in [-0.05, 0) is 25.0 Å². The van der Waals surface area contributed by atoms with Crippen LogP contribution in [-0.2, 0) is 0 Å². The number of aromatic nitrogens is 1. The Bertz CT molecular complexity index is 264. The fraction of sp³-hybridized carbons (Fsp3) is 0.583. The second-order valence-corrected chi connectivity index (χ2v) is 4.94. The lowest BCUT2D eigenvalue weighted by atomic mass is 10.1. The molecular formula is C12H20N2S. The highest BCUT2D eigenvalue weighted by atomic mass is 32.2. The van der Waals surface area contributed by atoms with Gasteiger partial charge in [-0.15, -0.1) is 11.8 Å². The first kappa shape index (κ1) is 12.5. The van der Waals surface area contributed by atoms with Crippen LogP contribution < -0.4 is 5.73 Å². The number of nitrogens with zero attached hydrogens (tertiary/aromatic N) is 1. The first-order valence-corrected chi connectivity index (χ1v) is 6.49. The van der Waals surface area contributed by atoms with Crippen LogP contribution in [0.25, 0.3) is 0 Å². The van der Waals surface area contributed by atoms with E-state index in [0.717, 1.165) is 24.3 Å². The molecule has 1 heterocycles. The molecule has 0 saturated carbocycles. The molecule has 84 valence electrons. The van der Waals surface area contributed by atoms with Crippen molar-refractivity contribution >= 4 is 11.8 Å². The van der Waals surface area contributed by atoms with Gasteiger partial charge in [0.05, 0.1) is 5.03 Å². The maximum Gasteiger partial charge on any atom is 0.0963 e. The number of hydrogen-bond donors (Lipinski definition) is 1. The third-order valence-electron chi connectivity index (χ3n) is 2.41. The van der Waals surface area contributed by atoms with Crippen molar-refractivity contribution in [2.75, 3.05) is 0 Å². The molecule has 0 amide bonds. The summed E-state index contributed by atoms with van der Waals surface area (Å²) in [6.45, 7) is 4.37. The summed E-state index contributed by atoms with van der Waals surface area (Å²) in [5.74, 6) is 0. The van der Waals surface area contributed by atoms with Gasteiger partial charge in [0, 0.05) is 17.5 Å². The van der Waals surface area contributed by atoms with Crippen LogP contribution >= 0.6 is 11.8 Å². The van der Waals surface area contributed by atoms with Crippen molar-refractivity contribution in [1.82, 2.24) is 4.98 Å². The van der Waals surface area contributed by atoms with E-state index in [1.165, 1.54) is 0 Å². The van der Waals surface area contributed by atoms with Crippen molar-refractivity contribution in [2.45, 2.75) is 49.4 Å². The van der Waals surface area contributed by atoms with Gasteiger partial charge in [0.1, 0.15) is 0 Å². The van der Waals surface area contributed by atoms with Crippen LogP contribution in [0.5, 0.6) is 0 Å². The predicted molar refractivity (Wildman–Crippen MR) is 67.1 cm³/mol. The van der Waals surface area contributed by atoms with E-state index in [0.29, 0.717) is 5.25 Å². The van der Waals surface area contributed by atoms with E-state index < -0.39 is 0 Å². The highest BCUT2D eigenvalue weighted by molar-refractivity contribution is 7.99. The lowest BCUT2D eigenvalue weighted by Crippen LogP contribution is -2.31. The molecule has 0 saturated heterocycles. The van der Waals surface area contributed by atoms with Crippen LogP contribution in [0, 0.1) is 0 Å². The van der Waals surface area contributed by atoms with E-state index in [4.69, 9.17) is 5.73 Å². The standard InChI is InChI=1S/C12H20N2S/c1-3-7-10(13)11(4-2)15-12-8-5-6-9-14-12/h5-6,8-11H,3-4,7,13H2,1-2H3. The number of hydrogen-bond acceptors (Lipinski definition) is 3. The minimum atomic E-state index is 0.284. The van der Waals surface area contributed by atoms with Crippen molar-refractivity contribution in [3.8, 4) is 0 Å². The Balaban J connectivity index is 2.53. The van der Waals surface area contributed by atoms with E-state index in [2.05, 4.69) is 18.8 Å². The van der Waals surface area contributed by atoms with Crippen molar-refractivity contribution in [3.63, 3.8) is 0 Å². The van der Waals surface area contributed by atoms with Gasteiger partial charge < -0.3 is 5.73 Å². The Morgan fingerprint density at radius 2 is 2.20 bits per heavy atom. The zero-order valence-electron chi connectivity index (χ0n) is 9.52. The van der Waals surface area contributed by atoms with Crippen LogP contribution in [0.15, 0.2) is 29.4 Å². The molecule has 15 heavy (non-hydrogen) atoms. The summed E-state index contributed by atoms with van der Waals surface area (Å²) in [6.07, 6.45) is 5.18. The maximum absolute atomic E-state index is 6.14. The minimum absolute atomic E-state index is 0.284. The Kier molecular flexibility index (Phi) is 5.73. The van der Waals surface area contributed by atoms with Gasteiger partial charge in [0.15, 0.2) is 0 Å². The predicted octanol–water partition coefficient (Wildman–Crippen LogP) is 3.08. The summed E-state index contributed by atoms with van der Waals surface area (Å²) >= 11 is 1.80. The summed E-state index contributed by atoms with van der Waals surface area (Å²) in [5, 5.41) is 1.57. The van der Waals surface area contributed by atoms with Gasteiger partial charge in [-0.2, -0.15) is 0 Å². The van der Waals surface area contributed by atoms with Crippen LogP contribution in [0.1, 0.15) is 33.1 Å². The molecule has 2 unspecified atom stereocenters. The van der Waals surface area contributed by atoms with Gasteiger partial charge in [-0.25, -0.2) is 4.98 Å². The lowest BCUT2D eigenvalue weighted by Gasteiger charge is -2.21. The van der Waals surface area contributed by atoms with Crippen LogP contribution in [0.4, 0.5) is 0 Å². The highest BCUT2D eigenvalue weighted by Crippen LogP contribution is 2.26. The molecule has 1 aromatic heterocycles. The molecule has 0 spiro atoms. The molecule has 1 rings (SSSR count). The van der Waals surface area contributed by atoms with Gasteiger partial charge in [-0.3, -0.25) is 0 Å². The molecule has 0 fully saturated rings. The van der Waals surface area contributed by atoms with Crippen LogP contribution in [-0.4, -0.2) is 16.3 Å². The van der Waals surface area contributed by atoms with Gasteiger partial charge in [0.25, 0.3) is 0 Å². The summed E-state index contributed by atoms with van der Waals surface area (Å²) in [5.41, 5.74) is 6.14. The van der Waals surface area contributed by atoms with Gasteiger partial charge >= 0.3 is 0 Å². The molecule has 2 nitrogen and oxygen atoms in total. The Labute approximate surface area is 96.7 Å². The van der Waals surface area contributed by atoms with Gasteiger partial charge in [-0.1, -0.05) is 26.3 Å². The summed E-state index contributed by atoms with van der Waals surface area (Å²) in [7, 11) is 0. The van der Waals surface area contributed by atoms with E-state index in [1.807, 2.05) is 24.4 Å². The largest absolute Gasteiger partial charge is 0.327 e. The van der Waals surface area contributed by atoms with Crippen molar-refractivity contribution in [2.24, 2.45) is 5.73 Å². The normalized spacial score (nSPS) is 14.9. The number of nitrogens with two attached hydrogens (primary N) is 1. The fourth-order valence-corrected chi connectivity index (χ4v) is 2.63. The van der Waals surface area contributed by atoms with Crippen molar-refractivity contribution in [3.05, 3.63) is 24.4 Å². The minimum Gasteiger partial charge on any atom is -0.327 e. The second-order valence-electron chi connectivity index (χ2n) is 3.69. The molecule has 0 aromatic carbocycles. The lowest BCUT2D eigenvalue weighted by molar-refractivity contribution is 0.566. The Hall–Kier alpha value is -0.540. The summed E-state index contributed by atoms with van der Waals surface area (Å²) in [4.78, 5) is 4.32. The fourth-order valence-electron chi connectivity index (χ4n) is 1.56. The van der Waals surface area contributed by atoms with Gasteiger partial charge in [0.2, 0.25) is 0 Å². The summed E-state index contributed by atoms with van der Waals surface area (Å²) in [6, 6.07) is 6.29. The highest BCUT2D eigenvalue weighted by Gasteiger charge is 2.16. The molecule has 0 bridgehead atoms. The second kappa shape index (κ2) is 6.85. The van der Waals surface area contributed by atoms with E-state index in [9.17, 15) is 0 Å². The molecule has 0 aliphatic rings. The molecule has 2 N–H and O–H groups in total. The molecule has 1 aromatic rings. The van der Waals surface area contributed by atoms with E-state index in [-0.39, 0.29) is 6.04 Å². The number of rotatable bonds is 6. The number of pyridine rings is 1. The molecule has 2 atom stereocenters. The first-order valence-electron chi connectivity index (χ1n) is 5.61. The smallest absolute Gasteiger partial charge is 0.0963 e. The van der Waals surface area contributed by atoms with E-state index >= 15 is 0 Å². The SMILES string of the molecule is CCCC(N)C(CC)Sc1ccccn1. The quantitative estimate of drug-likeness (QED) is 0.755. The van der Waals surface area contributed by atoms with E-state index in [1.54, 1.807) is 11.8 Å². The first-order chi connectivity index (χ1) is 7.27. The molecule has 0 aliphatic carbocycles. The zero-order chi connectivity index (χ0) is 11.1. The topological polar surface area (TPSA) is 38.9 Å². The number of thioether (sulfide) groups is 1. The van der Waals surface area contributed by atoms with Crippen molar-refractivity contribution in [1.29, 1.82) is 0 Å². The Morgan fingerprint density at radius 3 is 2.73 bits per heavy atom. The third kappa shape index (κ3) is 4.22. The average Bonchev–Trinajstić information content (AvgIpc) is 2.27. The molecule has 0 radical (unpaired) electrons. The monoisotopic (exact) mass is 224 g/mol. The van der Waals surface area contributed by atoms with Crippen LogP contribution in [0.3, 0.4) is 0 Å². The Morgan fingerprint density at radius 1 is 1.40 bits per heavy atom. The van der Waals surface area contributed by atoms with Crippen LogP contribution in [0.2, 0.25) is 0 Å². The maximum atomic E-state index is 6.14. The average molecular weight is 224 g/mol.